The monoisotopic (exact) mass is 303 g/mol. The average Bonchev–Trinajstić information content (AvgIpc) is 3.13. The molecule has 1 aliphatic rings. The summed E-state index contributed by atoms with van der Waals surface area (Å²) in [7, 11) is 0. The van der Waals surface area contributed by atoms with E-state index in [1.165, 1.54) is 12.1 Å². The highest BCUT2D eigenvalue weighted by atomic mass is 79.9. The molecule has 0 heterocycles. The zero-order valence-corrected chi connectivity index (χ0v) is 10.6. The lowest BCUT2D eigenvalue weighted by atomic mass is 10.2. The molecule has 1 atom stereocenters. The van der Waals surface area contributed by atoms with Crippen molar-refractivity contribution >= 4 is 21.8 Å². The van der Waals surface area contributed by atoms with E-state index in [0.717, 1.165) is 18.9 Å². The van der Waals surface area contributed by atoms with Gasteiger partial charge in [-0.3, -0.25) is 4.79 Å². The summed E-state index contributed by atoms with van der Waals surface area (Å²) in [6, 6.07) is 3.58. The Morgan fingerprint density at radius 3 is 2.82 bits per heavy atom. The van der Waals surface area contributed by atoms with Gasteiger partial charge in [-0.2, -0.15) is 0 Å². The third-order valence-electron chi connectivity index (χ3n) is 2.79. The second-order valence-corrected chi connectivity index (χ2v) is 5.34. The Hall–Kier alpha value is -0.970. The topological polar surface area (TPSA) is 29.1 Å². The second-order valence-electron chi connectivity index (χ2n) is 4.16. The normalized spacial score (nSPS) is 16.6. The summed E-state index contributed by atoms with van der Waals surface area (Å²) in [6.07, 6.45) is 2.31. The van der Waals surface area contributed by atoms with E-state index in [1.807, 2.05) is 0 Å². The fourth-order valence-corrected chi connectivity index (χ4v) is 2.28. The van der Waals surface area contributed by atoms with Gasteiger partial charge >= 0.3 is 0 Å². The van der Waals surface area contributed by atoms with Crippen LogP contribution in [0, 0.1) is 17.6 Å². The minimum absolute atomic E-state index is 0.211. The van der Waals surface area contributed by atoms with Crippen molar-refractivity contribution in [3.63, 3.8) is 0 Å². The summed E-state index contributed by atoms with van der Waals surface area (Å²) in [5.41, 5.74) is -0.250. The van der Waals surface area contributed by atoms with Crippen LogP contribution in [0.5, 0.6) is 0 Å². The van der Waals surface area contributed by atoms with Gasteiger partial charge in [0.1, 0.15) is 0 Å². The molecule has 0 radical (unpaired) electrons. The highest BCUT2D eigenvalue weighted by Gasteiger charge is 2.29. The molecule has 1 amide bonds. The number of hydrogen-bond acceptors (Lipinski definition) is 1. The highest BCUT2D eigenvalue weighted by Crippen LogP contribution is 2.36. The molecule has 2 rings (SSSR count). The summed E-state index contributed by atoms with van der Waals surface area (Å²) >= 11 is 3.46. The Bertz CT molecular complexity index is 435. The van der Waals surface area contributed by atoms with Crippen LogP contribution in [0.3, 0.4) is 0 Å². The number of carbonyl (C=O) groups excluding carboxylic acids is 1. The van der Waals surface area contributed by atoms with Gasteiger partial charge in [0.05, 0.1) is 5.56 Å². The molecule has 0 bridgehead atoms. The van der Waals surface area contributed by atoms with E-state index in [2.05, 4.69) is 21.2 Å². The fraction of sp³-hybridized carbons (Fsp3) is 0.417. The standard InChI is InChI=1S/C12H12BrF2NO/c13-9(7-4-5-7)6-16-12(17)8-2-1-3-10(14)11(8)15/h1-3,7,9H,4-6H2,(H,16,17). The molecule has 0 aromatic heterocycles. The summed E-state index contributed by atoms with van der Waals surface area (Å²) in [5.74, 6) is -2.09. The molecule has 1 saturated carbocycles. The van der Waals surface area contributed by atoms with Crippen LogP contribution in [0.25, 0.3) is 0 Å². The van der Waals surface area contributed by atoms with Crippen LogP contribution in [0.2, 0.25) is 0 Å². The van der Waals surface area contributed by atoms with E-state index < -0.39 is 17.5 Å². The maximum Gasteiger partial charge on any atom is 0.254 e. The number of nitrogens with one attached hydrogen (secondary N) is 1. The zero-order chi connectivity index (χ0) is 12.4. The lowest BCUT2D eigenvalue weighted by Crippen LogP contribution is -2.31. The number of halogens is 3. The Morgan fingerprint density at radius 1 is 1.47 bits per heavy atom. The van der Waals surface area contributed by atoms with E-state index in [1.54, 1.807) is 0 Å². The first-order chi connectivity index (χ1) is 8.09. The number of rotatable bonds is 4. The summed E-state index contributed by atoms with van der Waals surface area (Å²) < 4.78 is 26.2. The molecule has 1 fully saturated rings. The molecule has 1 unspecified atom stereocenters. The Labute approximate surface area is 107 Å². The van der Waals surface area contributed by atoms with Crippen molar-refractivity contribution in [2.75, 3.05) is 6.54 Å². The van der Waals surface area contributed by atoms with Crippen molar-refractivity contribution in [2.45, 2.75) is 17.7 Å². The molecule has 1 aromatic rings. The van der Waals surface area contributed by atoms with Crippen molar-refractivity contribution in [1.82, 2.24) is 5.32 Å². The molecule has 92 valence electrons. The maximum absolute atomic E-state index is 13.3. The number of carbonyl (C=O) groups is 1. The van der Waals surface area contributed by atoms with Gasteiger partial charge in [-0.05, 0) is 30.9 Å². The van der Waals surface area contributed by atoms with E-state index in [-0.39, 0.29) is 10.4 Å². The van der Waals surface area contributed by atoms with Gasteiger partial charge in [0.15, 0.2) is 11.6 Å². The fourth-order valence-electron chi connectivity index (χ4n) is 1.59. The van der Waals surface area contributed by atoms with Crippen molar-refractivity contribution in [3.8, 4) is 0 Å². The minimum atomic E-state index is -1.09. The van der Waals surface area contributed by atoms with Gasteiger partial charge < -0.3 is 5.32 Å². The number of hydrogen-bond donors (Lipinski definition) is 1. The van der Waals surface area contributed by atoms with Crippen LogP contribution in [-0.4, -0.2) is 17.3 Å². The van der Waals surface area contributed by atoms with E-state index >= 15 is 0 Å². The highest BCUT2D eigenvalue weighted by molar-refractivity contribution is 9.09. The van der Waals surface area contributed by atoms with Crippen LogP contribution in [-0.2, 0) is 0 Å². The summed E-state index contributed by atoms with van der Waals surface area (Å²) in [6.45, 7) is 0.430. The number of alkyl halides is 1. The Kier molecular flexibility index (Phi) is 3.76. The third-order valence-corrected chi connectivity index (χ3v) is 3.86. The maximum atomic E-state index is 13.3. The quantitative estimate of drug-likeness (QED) is 0.852. The van der Waals surface area contributed by atoms with Crippen LogP contribution in [0.15, 0.2) is 18.2 Å². The van der Waals surface area contributed by atoms with E-state index in [4.69, 9.17) is 0 Å². The first-order valence-electron chi connectivity index (χ1n) is 5.46. The molecule has 0 saturated heterocycles. The van der Waals surface area contributed by atoms with Gasteiger partial charge in [-0.25, -0.2) is 8.78 Å². The van der Waals surface area contributed by atoms with Crippen LogP contribution in [0.1, 0.15) is 23.2 Å². The third kappa shape index (κ3) is 3.03. The molecule has 0 spiro atoms. The molecular weight excluding hydrogens is 292 g/mol. The van der Waals surface area contributed by atoms with Gasteiger partial charge in [0.25, 0.3) is 5.91 Å². The summed E-state index contributed by atoms with van der Waals surface area (Å²) in [5, 5.41) is 2.60. The molecule has 1 aromatic carbocycles. The van der Waals surface area contributed by atoms with Crippen LogP contribution in [0.4, 0.5) is 8.78 Å². The Balaban J connectivity index is 1.96. The molecule has 17 heavy (non-hydrogen) atoms. The Morgan fingerprint density at radius 2 is 2.18 bits per heavy atom. The second kappa shape index (κ2) is 5.12. The van der Waals surface area contributed by atoms with E-state index in [9.17, 15) is 13.6 Å². The van der Waals surface area contributed by atoms with Crippen LogP contribution < -0.4 is 5.32 Å². The molecule has 1 aliphatic carbocycles. The van der Waals surface area contributed by atoms with Crippen molar-refractivity contribution in [1.29, 1.82) is 0 Å². The summed E-state index contributed by atoms with van der Waals surface area (Å²) in [4.78, 5) is 11.8. The largest absolute Gasteiger partial charge is 0.351 e. The van der Waals surface area contributed by atoms with Gasteiger partial charge in [-0.1, -0.05) is 22.0 Å². The van der Waals surface area contributed by atoms with Crippen molar-refractivity contribution < 1.29 is 13.6 Å². The van der Waals surface area contributed by atoms with Crippen molar-refractivity contribution in [3.05, 3.63) is 35.4 Å². The van der Waals surface area contributed by atoms with Gasteiger partial charge in [0.2, 0.25) is 0 Å². The first kappa shape index (κ1) is 12.5. The lowest BCUT2D eigenvalue weighted by molar-refractivity contribution is 0.0948. The van der Waals surface area contributed by atoms with Gasteiger partial charge in [-0.15, -0.1) is 0 Å². The average molecular weight is 304 g/mol. The number of amides is 1. The molecular formula is C12H12BrF2NO. The number of benzene rings is 1. The van der Waals surface area contributed by atoms with Crippen molar-refractivity contribution in [2.24, 2.45) is 5.92 Å². The molecule has 1 N–H and O–H groups in total. The molecule has 2 nitrogen and oxygen atoms in total. The lowest BCUT2D eigenvalue weighted by Gasteiger charge is -2.10. The molecule has 0 aliphatic heterocycles. The molecule has 5 heteroatoms. The SMILES string of the molecule is O=C(NCC(Br)C1CC1)c1cccc(F)c1F. The van der Waals surface area contributed by atoms with Crippen LogP contribution >= 0.6 is 15.9 Å². The predicted octanol–water partition coefficient (Wildman–Crippen LogP) is 2.87. The van der Waals surface area contributed by atoms with Gasteiger partial charge in [0, 0.05) is 11.4 Å². The minimum Gasteiger partial charge on any atom is -0.351 e. The predicted molar refractivity (Wildman–Crippen MR) is 64.1 cm³/mol. The smallest absolute Gasteiger partial charge is 0.254 e. The first-order valence-corrected chi connectivity index (χ1v) is 6.37. The van der Waals surface area contributed by atoms with E-state index in [0.29, 0.717) is 12.5 Å². The zero-order valence-electron chi connectivity index (χ0n) is 9.05.